The molecule has 0 unspecified atom stereocenters. The quantitative estimate of drug-likeness (QED) is 0.661. The van der Waals surface area contributed by atoms with Gasteiger partial charge in [-0.15, -0.1) is 11.8 Å². The van der Waals surface area contributed by atoms with Gasteiger partial charge < -0.3 is 0 Å². The van der Waals surface area contributed by atoms with E-state index in [0.29, 0.717) is 0 Å². The topological polar surface area (TPSA) is 0 Å². The molecule has 96 valence electrons. The van der Waals surface area contributed by atoms with Crippen LogP contribution in [0.1, 0.15) is 30.4 Å². The summed E-state index contributed by atoms with van der Waals surface area (Å²) in [6.45, 7) is 0. The highest BCUT2D eigenvalue weighted by Gasteiger charge is 2.17. The lowest BCUT2D eigenvalue weighted by Gasteiger charge is -2.09. The van der Waals surface area contributed by atoms with Gasteiger partial charge in [0.2, 0.25) is 0 Å². The second kappa shape index (κ2) is 5.66. The number of benzene rings is 2. The molecule has 0 radical (unpaired) electrons. The molecule has 2 aromatic carbocycles. The molecule has 0 fully saturated rings. The van der Waals surface area contributed by atoms with Crippen LogP contribution < -0.4 is 0 Å². The highest BCUT2D eigenvalue weighted by molar-refractivity contribution is 7.98. The Kier molecular flexibility index (Phi) is 3.74. The molecule has 19 heavy (non-hydrogen) atoms. The van der Waals surface area contributed by atoms with Crippen molar-refractivity contribution in [3.05, 3.63) is 65.7 Å². The van der Waals surface area contributed by atoms with E-state index in [1.807, 2.05) is 0 Å². The predicted molar refractivity (Wildman–Crippen MR) is 85.3 cm³/mol. The second-order valence-electron chi connectivity index (χ2n) is 4.91. The summed E-state index contributed by atoms with van der Waals surface area (Å²) in [6.07, 6.45) is 5.83. The van der Waals surface area contributed by atoms with Crippen molar-refractivity contribution in [1.82, 2.24) is 0 Å². The van der Waals surface area contributed by atoms with Gasteiger partial charge in [-0.2, -0.15) is 0 Å². The Morgan fingerprint density at radius 3 is 1.89 bits per heavy atom. The van der Waals surface area contributed by atoms with Crippen LogP contribution >= 0.6 is 11.8 Å². The average molecular weight is 266 g/mol. The minimum Gasteiger partial charge on any atom is -0.130 e. The van der Waals surface area contributed by atoms with Gasteiger partial charge in [-0.25, -0.2) is 0 Å². The number of rotatable bonds is 3. The minimum absolute atomic E-state index is 1.21. The third-order valence-electron chi connectivity index (χ3n) is 3.78. The molecule has 0 N–H and O–H groups in total. The van der Waals surface area contributed by atoms with Crippen LogP contribution in [0, 0.1) is 0 Å². The van der Waals surface area contributed by atoms with Crippen molar-refractivity contribution in [3.8, 4) is 0 Å². The molecule has 0 spiro atoms. The molecule has 1 aliphatic rings. The van der Waals surface area contributed by atoms with Gasteiger partial charge in [0.15, 0.2) is 0 Å². The molecule has 0 aromatic heterocycles. The molecule has 2 aromatic rings. The second-order valence-corrected chi connectivity index (χ2v) is 5.78. The molecule has 0 aliphatic heterocycles. The highest BCUT2D eigenvalue weighted by atomic mass is 32.2. The first-order chi connectivity index (χ1) is 9.38. The van der Waals surface area contributed by atoms with Crippen molar-refractivity contribution < 1.29 is 0 Å². The van der Waals surface area contributed by atoms with Gasteiger partial charge in [-0.05, 0) is 59.9 Å². The summed E-state index contributed by atoms with van der Waals surface area (Å²) in [4.78, 5) is 1.34. The summed E-state index contributed by atoms with van der Waals surface area (Å²) < 4.78 is 0. The summed E-state index contributed by atoms with van der Waals surface area (Å²) in [7, 11) is 0. The van der Waals surface area contributed by atoms with Gasteiger partial charge in [-0.1, -0.05) is 42.5 Å². The zero-order valence-electron chi connectivity index (χ0n) is 11.2. The zero-order valence-corrected chi connectivity index (χ0v) is 12.0. The van der Waals surface area contributed by atoms with Gasteiger partial charge in [0.25, 0.3) is 0 Å². The fraction of sp³-hybridized carbons (Fsp3) is 0.222. The average Bonchev–Trinajstić information content (AvgIpc) is 2.98. The molecule has 0 bridgehead atoms. The molecular formula is C18H18S. The van der Waals surface area contributed by atoms with Gasteiger partial charge in [0, 0.05) is 4.90 Å². The van der Waals surface area contributed by atoms with Crippen molar-refractivity contribution in [2.24, 2.45) is 0 Å². The number of allylic oxidation sites excluding steroid dienone is 2. The van der Waals surface area contributed by atoms with E-state index in [-0.39, 0.29) is 0 Å². The molecular weight excluding hydrogens is 248 g/mol. The van der Waals surface area contributed by atoms with E-state index in [4.69, 9.17) is 0 Å². The highest BCUT2D eigenvalue weighted by Crippen LogP contribution is 2.39. The van der Waals surface area contributed by atoms with E-state index in [1.54, 1.807) is 17.3 Å². The van der Waals surface area contributed by atoms with Crippen LogP contribution in [0.25, 0.3) is 11.1 Å². The lowest BCUT2D eigenvalue weighted by atomic mass is 9.97. The summed E-state index contributed by atoms with van der Waals surface area (Å²) >= 11 is 1.80. The van der Waals surface area contributed by atoms with Crippen LogP contribution in [-0.2, 0) is 0 Å². The molecule has 0 amide bonds. The smallest absolute Gasteiger partial charge is 0.00695 e. The van der Waals surface area contributed by atoms with E-state index < -0.39 is 0 Å². The van der Waals surface area contributed by atoms with E-state index in [1.165, 1.54) is 40.9 Å². The molecule has 0 saturated carbocycles. The van der Waals surface area contributed by atoms with E-state index in [9.17, 15) is 0 Å². The normalized spacial score (nSPS) is 15.0. The van der Waals surface area contributed by atoms with Crippen LogP contribution in [0.4, 0.5) is 0 Å². The molecule has 0 saturated heterocycles. The number of hydrogen-bond acceptors (Lipinski definition) is 1. The van der Waals surface area contributed by atoms with Crippen molar-refractivity contribution >= 4 is 22.9 Å². The fourth-order valence-electron chi connectivity index (χ4n) is 2.81. The monoisotopic (exact) mass is 266 g/mol. The first-order valence-electron chi connectivity index (χ1n) is 6.80. The van der Waals surface area contributed by atoms with Crippen molar-refractivity contribution in [2.75, 3.05) is 6.26 Å². The third kappa shape index (κ3) is 2.62. The maximum Gasteiger partial charge on any atom is 0.00695 e. The Morgan fingerprint density at radius 2 is 1.32 bits per heavy atom. The van der Waals surface area contributed by atoms with Crippen molar-refractivity contribution in [3.63, 3.8) is 0 Å². The number of thioether (sulfide) groups is 1. The SMILES string of the molecule is CSc1ccc(C2=C(c3ccccc3)CCC2)cc1. The molecule has 1 aliphatic carbocycles. The summed E-state index contributed by atoms with van der Waals surface area (Å²) in [5.41, 5.74) is 5.87. The summed E-state index contributed by atoms with van der Waals surface area (Å²) in [5.74, 6) is 0. The Hall–Kier alpha value is -1.47. The third-order valence-corrected chi connectivity index (χ3v) is 4.52. The lowest BCUT2D eigenvalue weighted by Crippen LogP contribution is -1.86. The molecule has 0 heterocycles. The Labute approximate surface area is 119 Å². The molecule has 0 atom stereocenters. The van der Waals surface area contributed by atoms with Crippen LogP contribution in [0.5, 0.6) is 0 Å². The first kappa shape index (κ1) is 12.6. The maximum atomic E-state index is 2.27. The fourth-order valence-corrected chi connectivity index (χ4v) is 3.22. The van der Waals surface area contributed by atoms with Gasteiger partial charge in [0.1, 0.15) is 0 Å². The Morgan fingerprint density at radius 1 is 0.737 bits per heavy atom. The number of hydrogen-bond donors (Lipinski definition) is 0. The van der Waals surface area contributed by atoms with E-state index >= 15 is 0 Å². The molecule has 0 nitrogen and oxygen atoms in total. The van der Waals surface area contributed by atoms with Gasteiger partial charge in [0.05, 0.1) is 0 Å². The Bertz CT molecular complexity index is 579. The van der Waals surface area contributed by atoms with Crippen LogP contribution in [0.15, 0.2) is 59.5 Å². The standard InChI is InChI=1S/C18H18S/c1-19-16-12-10-15(11-13-16)18-9-5-8-17(18)14-6-3-2-4-7-14/h2-4,6-7,10-13H,5,8-9H2,1H3. The van der Waals surface area contributed by atoms with Crippen LogP contribution in [-0.4, -0.2) is 6.26 Å². The maximum absolute atomic E-state index is 2.27. The van der Waals surface area contributed by atoms with Crippen molar-refractivity contribution in [1.29, 1.82) is 0 Å². The van der Waals surface area contributed by atoms with Crippen molar-refractivity contribution in [2.45, 2.75) is 24.2 Å². The Balaban J connectivity index is 2.01. The van der Waals surface area contributed by atoms with Gasteiger partial charge in [-0.3, -0.25) is 0 Å². The molecule has 1 heteroatoms. The van der Waals surface area contributed by atoms with E-state index in [0.717, 1.165) is 0 Å². The summed E-state index contributed by atoms with van der Waals surface area (Å²) in [6, 6.07) is 19.8. The first-order valence-corrected chi connectivity index (χ1v) is 8.03. The van der Waals surface area contributed by atoms with Crippen LogP contribution in [0.2, 0.25) is 0 Å². The summed E-state index contributed by atoms with van der Waals surface area (Å²) in [5, 5.41) is 0. The zero-order chi connectivity index (χ0) is 13.1. The largest absolute Gasteiger partial charge is 0.130 e. The molecule has 3 rings (SSSR count). The van der Waals surface area contributed by atoms with Crippen LogP contribution in [0.3, 0.4) is 0 Å². The lowest BCUT2D eigenvalue weighted by molar-refractivity contribution is 0.941. The predicted octanol–water partition coefficient (Wildman–Crippen LogP) is 5.50. The van der Waals surface area contributed by atoms with Gasteiger partial charge >= 0.3 is 0 Å². The minimum atomic E-state index is 1.21. The van der Waals surface area contributed by atoms with E-state index in [2.05, 4.69) is 60.9 Å².